The molecule has 3 aromatic rings. The van der Waals surface area contributed by atoms with E-state index in [1.165, 1.54) is 21.3 Å². The lowest BCUT2D eigenvalue weighted by atomic mass is 9.88. The monoisotopic (exact) mass is 495 g/mol. The molecule has 0 aliphatic carbocycles. The number of rotatable bonds is 9. The Morgan fingerprint density at radius 1 is 1.06 bits per heavy atom. The Bertz CT molecular complexity index is 1240. The second-order valence-corrected chi connectivity index (χ2v) is 9.08. The fourth-order valence-corrected chi connectivity index (χ4v) is 4.72. The molecule has 2 heterocycles. The lowest BCUT2D eigenvalue weighted by Crippen LogP contribution is -2.50. The first-order valence-electron chi connectivity index (χ1n) is 12.1. The third kappa shape index (κ3) is 4.34. The lowest BCUT2D eigenvalue weighted by Gasteiger charge is -2.38. The van der Waals surface area contributed by atoms with Gasteiger partial charge in [-0.05, 0) is 49.1 Å². The van der Waals surface area contributed by atoms with Gasteiger partial charge in [-0.3, -0.25) is 14.5 Å². The summed E-state index contributed by atoms with van der Waals surface area (Å²) in [6, 6.07) is 10.5. The second-order valence-electron chi connectivity index (χ2n) is 9.08. The van der Waals surface area contributed by atoms with Crippen molar-refractivity contribution in [2.24, 2.45) is 11.8 Å². The van der Waals surface area contributed by atoms with Gasteiger partial charge in [-0.2, -0.15) is 0 Å². The average Bonchev–Trinajstić information content (AvgIpc) is 3.25. The normalized spacial score (nSPS) is 17.3. The first-order valence-corrected chi connectivity index (χ1v) is 12.1. The molecule has 9 heteroatoms. The number of benzene rings is 2. The molecule has 4 rings (SSSR count). The minimum Gasteiger partial charge on any atom is -0.493 e. The van der Waals surface area contributed by atoms with E-state index in [1.54, 1.807) is 24.0 Å². The van der Waals surface area contributed by atoms with Gasteiger partial charge in [0, 0.05) is 6.54 Å². The molecule has 0 saturated carbocycles. The summed E-state index contributed by atoms with van der Waals surface area (Å²) in [5.41, 5.74) is 2.18. The number of nitrogens with zero attached hydrogens (tertiary/aromatic N) is 3. The van der Waals surface area contributed by atoms with Crippen molar-refractivity contribution in [2.75, 3.05) is 39.4 Å². The summed E-state index contributed by atoms with van der Waals surface area (Å²) in [6.07, 6.45) is 0.763. The minimum absolute atomic E-state index is 0.161. The van der Waals surface area contributed by atoms with E-state index in [9.17, 15) is 9.59 Å². The van der Waals surface area contributed by atoms with E-state index in [4.69, 9.17) is 23.9 Å². The zero-order chi connectivity index (χ0) is 26.0. The number of anilines is 1. The number of ether oxygens (including phenoxy) is 4. The molecule has 2 atom stereocenters. The summed E-state index contributed by atoms with van der Waals surface area (Å²) < 4.78 is 24.0. The molecule has 1 aliphatic rings. The van der Waals surface area contributed by atoms with Crippen LogP contribution < -0.4 is 19.1 Å². The van der Waals surface area contributed by atoms with Crippen molar-refractivity contribution in [1.29, 1.82) is 0 Å². The number of hydrogen-bond donors (Lipinski definition) is 0. The van der Waals surface area contributed by atoms with Gasteiger partial charge in [0.25, 0.3) is 0 Å². The van der Waals surface area contributed by atoms with Crippen LogP contribution in [0.2, 0.25) is 0 Å². The topological polar surface area (TPSA) is 92.1 Å². The van der Waals surface area contributed by atoms with Crippen LogP contribution in [-0.4, -0.2) is 55.9 Å². The van der Waals surface area contributed by atoms with Crippen molar-refractivity contribution < 1.29 is 28.5 Å². The van der Waals surface area contributed by atoms with Crippen LogP contribution in [0.4, 0.5) is 5.95 Å². The van der Waals surface area contributed by atoms with Crippen LogP contribution in [0.5, 0.6) is 17.2 Å². The number of esters is 1. The molecule has 0 spiro atoms. The van der Waals surface area contributed by atoms with Crippen LogP contribution >= 0.6 is 0 Å². The highest BCUT2D eigenvalue weighted by Gasteiger charge is 2.48. The predicted octanol–water partition coefficient (Wildman–Crippen LogP) is 4.22. The Hall–Kier alpha value is -3.75. The van der Waals surface area contributed by atoms with E-state index in [0.717, 1.165) is 17.5 Å². The van der Waals surface area contributed by atoms with Crippen LogP contribution in [0.3, 0.4) is 0 Å². The largest absolute Gasteiger partial charge is 0.493 e. The predicted molar refractivity (Wildman–Crippen MR) is 136 cm³/mol. The molecule has 9 nitrogen and oxygen atoms in total. The third-order valence-corrected chi connectivity index (χ3v) is 6.44. The summed E-state index contributed by atoms with van der Waals surface area (Å²) >= 11 is 0. The number of fused-ring (bicyclic) bond motifs is 3. The molecule has 0 saturated heterocycles. The fourth-order valence-electron chi connectivity index (χ4n) is 4.72. The van der Waals surface area contributed by atoms with Gasteiger partial charge in [0.15, 0.2) is 17.4 Å². The first-order chi connectivity index (χ1) is 17.4. The maximum atomic E-state index is 14.0. The Morgan fingerprint density at radius 3 is 2.31 bits per heavy atom. The number of amides is 1. The summed E-state index contributed by atoms with van der Waals surface area (Å²) in [4.78, 5) is 33.8. The van der Waals surface area contributed by atoms with Crippen LogP contribution in [0.25, 0.3) is 11.0 Å². The van der Waals surface area contributed by atoms with Crippen molar-refractivity contribution in [3.05, 3.63) is 42.0 Å². The molecule has 1 aromatic heterocycles. The van der Waals surface area contributed by atoms with E-state index < -0.39 is 17.9 Å². The van der Waals surface area contributed by atoms with E-state index in [1.807, 2.05) is 28.8 Å². The van der Waals surface area contributed by atoms with Crippen LogP contribution in [-0.2, 0) is 14.3 Å². The molecule has 0 N–H and O–H groups in total. The minimum atomic E-state index is -1.12. The molecule has 0 radical (unpaired) electrons. The number of carbonyl (C=O) groups excluding carboxylic acids is 2. The Labute approximate surface area is 210 Å². The maximum absolute atomic E-state index is 14.0. The summed E-state index contributed by atoms with van der Waals surface area (Å²) in [7, 11) is 4.59. The quantitative estimate of drug-likeness (QED) is 0.324. The SMILES string of the molecule is CCOC(=O)[C@@H]1C(=O)N(CCC(C)C)c2nc3ccccc3n2[C@H]1c1cc(OC)c(OC)c(OC)c1. The number of imidazole rings is 1. The smallest absolute Gasteiger partial charge is 0.321 e. The molecule has 0 bridgehead atoms. The van der Waals surface area contributed by atoms with Gasteiger partial charge >= 0.3 is 5.97 Å². The van der Waals surface area contributed by atoms with Gasteiger partial charge in [0.1, 0.15) is 0 Å². The number of para-hydroxylation sites is 2. The van der Waals surface area contributed by atoms with Crippen LogP contribution in [0.1, 0.15) is 38.8 Å². The van der Waals surface area contributed by atoms with Crippen LogP contribution in [0.15, 0.2) is 36.4 Å². The second kappa shape index (κ2) is 10.5. The molecule has 1 aliphatic heterocycles. The highest BCUT2D eigenvalue weighted by Crippen LogP contribution is 2.46. The van der Waals surface area contributed by atoms with Gasteiger partial charge < -0.3 is 23.5 Å². The molecular formula is C27H33N3O6. The Kier molecular flexibility index (Phi) is 7.37. The molecule has 36 heavy (non-hydrogen) atoms. The Balaban J connectivity index is 2.02. The number of aromatic nitrogens is 2. The lowest BCUT2D eigenvalue weighted by molar-refractivity contribution is -0.153. The van der Waals surface area contributed by atoms with Crippen LogP contribution in [0, 0.1) is 11.8 Å². The van der Waals surface area contributed by atoms with E-state index in [-0.39, 0.29) is 12.5 Å². The number of methoxy groups -OCH3 is 3. The standard InChI is InChI=1S/C27H33N3O6/c1-7-36-26(32)22-23(17-14-20(33-4)24(35-6)21(15-17)34-5)30-19-11-9-8-10-18(19)28-27(30)29(25(22)31)13-12-16(2)3/h8-11,14-16,22-23H,7,12-13H2,1-6H3/t22-,23-/m0/s1. The molecule has 2 aromatic carbocycles. The van der Waals surface area contributed by atoms with Gasteiger partial charge in [0.2, 0.25) is 17.6 Å². The molecule has 192 valence electrons. The van der Waals surface area contributed by atoms with Gasteiger partial charge in [-0.25, -0.2) is 4.98 Å². The van der Waals surface area contributed by atoms with Crippen molar-refractivity contribution in [3.63, 3.8) is 0 Å². The zero-order valence-corrected chi connectivity index (χ0v) is 21.6. The zero-order valence-electron chi connectivity index (χ0n) is 21.6. The molecule has 0 unspecified atom stereocenters. The Morgan fingerprint density at radius 2 is 1.72 bits per heavy atom. The van der Waals surface area contributed by atoms with Gasteiger partial charge in [-0.1, -0.05) is 26.0 Å². The van der Waals surface area contributed by atoms with E-state index in [2.05, 4.69) is 13.8 Å². The molecule has 0 fully saturated rings. The van der Waals surface area contributed by atoms with E-state index >= 15 is 0 Å². The highest BCUT2D eigenvalue weighted by atomic mass is 16.5. The van der Waals surface area contributed by atoms with Gasteiger partial charge in [0.05, 0.1) is 45.0 Å². The fraction of sp³-hybridized carbons (Fsp3) is 0.444. The summed E-state index contributed by atoms with van der Waals surface area (Å²) in [5.74, 6) is 0.101. The third-order valence-electron chi connectivity index (χ3n) is 6.44. The van der Waals surface area contributed by atoms with Crippen molar-refractivity contribution in [3.8, 4) is 17.2 Å². The van der Waals surface area contributed by atoms with E-state index in [0.29, 0.717) is 41.2 Å². The molecule has 1 amide bonds. The summed E-state index contributed by atoms with van der Waals surface area (Å²) in [6.45, 7) is 6.53. The van der Waals surface area contributed by atoms with Crippen molar-refractivity contribution >= 4 is 28.9 Å². The summed E-state index contributed by atoms with van der Waals surface area (Å²) in [5, 5.41) is 0. The number of hydrogen-bond acceptors (Lipinski definition) is 7. The highest BCUT2D eigenvalue weighted by molar-refractivity contribution is 6.08. The number of carbonyl (C=O) groups is 2. The first kappa shape index (κ1) is 25.3. The van der Waals surface area contributed by atoms with Gasteiger partial charge in [-0.15, -0.1) is 0 Å². The van der Waals surface area contributed by atoms with Crippen molar-refractivity contribution in [1.82, 2.24) is 9.55 Å². The maximum Gasteiger partial charge on any atom is 0.321 e. The molecular weight excluding hydrogens is 462 g/mol. The van der Waals surface area contributed by atoms with Crippen molar-refractivity contribution in [2.45, 2.75) is 33.2 Å². The average molecular weight is 496 g/mol.